The maximum Gasteiger partial charge on any atom is 0.228 e. The van der Waals surface area contributed by atoms with Gasteiger partial charge in [-0.2, -0.15) is 0 Å². The minimum atomic E-state index is 0.172. The number of likely N-dealkylation sites (tertiary alicyclic amines) is 1. The number of pyridine rings is 1. The van der Waals surface area contributed by atoms with Crippen molar-refractivity contribution in [2.24, 2.45) is 5.41 Å². The zero-order chi connectivity index (χ0) is 14.0. The number of aromatic nitrogens is 1. The maximum atomic E-state index is 12.3. The Morgan fingerprint density at radius 3 is 2.85 bits per heavy atom. The lowest BCUT2D eigenvalue weighted by Crippen LogP contribution is -2.36. The van der Waals surface area contributed by atoms with Crippen molar-refractivity contribution in [2.75, 3.05) is 32.0 Å². The number of hydrogen-bond acceptors (Lipinski definition) is 4. The van der Waals surface area contributed by atoms with E-state index in [1.165, 1.54) is 0 Å². The Hall–Kier alpha value is -1.62. The molecule has 0 atom stereocenters. The molecule has 3 heterocycles. The second-order valence-electron chi connectivity index (χ2n) is 5.94. The molecular formula is C15H21N3O2. The van der Waals surface area contributed by atoms with Crippen LogP contribution in [-0.2, 0) is 16.0 Å². The van der Waals surface area contributed by atoms with Gasteiger partial charge in [0.25, 0.3) is 0 Å². The average Bonchev–Trinajstić information content (AvgIpc) is 2.86. The predicted octanol–water partition coefficient (Wildman–Crippen LogP) is 1.24. The van der Waals surface area contributed by atoms with E-state index in [0.717, 1.165) is 51.3 Å². The number of nitrogens with zero attached hydrogens (tertiary/aromatic N) is 2. The highest BCUT2D eigenvalue weighted by molar-refractivity contribution is 5.78. The van der Waals surface area contributed by atoms with E-state index in [1.807, 2.05) is 11.0 Å². The van der Waals surface area contributed by atoms with Gasteiger partial charge in [-0.05, 0) is 36.8 Å². The minimum Gasteiger partial charge on any atom is -0.397 e. The molecule has 5 nitrogen and oxygen atoms in total. The Morgan fingerprint density at radius 1 is 1.35 bits per heavy atom. The van der Waals surface area contributed by atoms with Crippen LogP contribution in [0.15, 0.2) is 18.3 Å². The molecule has 2 N–H and O–H groups in total. The van der Waals surface area contributed by atoms with Crippen LogP contribution < -0.4 is 5.73 Å². The zero-order valence-electron chi connectivity index (χ0n) is 11.7. The average molecular weight is 275 g/mol. The molecule has 0 bridgehead atoms. The first-order valence-corrected chi connectivity index (χ1v) is 7.23. The van der Waals surface area contributed by atoms with Gasteiger partial charge in [0.15, 0.2) is 0 Å². The fourth-order valence-electron chi connectivity index (χ4n) is 3.17. The molecule has 108 valence electrons. The lowest BCUT2D eigenvalue weighted by Gasteiger charge is -2.33. The van der Waals surface area contributed by atoms with Gasteiger partial charge in [-0.3, -0.25) is 9.78 Å². The van der Waals surface area contributed by atoms with Crippen LogP contribution in [-0.4, -0.2) is 42.1 Å². The van der Waals surface area contributed by atoms with E-state index in [2.05, 4.69) is 4.98 Å². The highest BCUT2D eigenvalue weighted by atomic mass is 16.5. The van der Waals surface area contributed by atoms with Crippen molar-refractivity contribution in [3.05, 3.63) is 24.0 Å². The number of hydrogen-bond donors (Lipinski definition) is 1. The summed E-state index contributed by atoms with van der Waals surface area (Å²) in [7, 11) is 0. The van der Waals surface area contributed by atoms with Gasteiger partial charge in [0, 0.05) is 32.0 Å². The highest BCUT2D eigenvalue weighted by Gasteiger charge is 2.40. The van der Waals surface area contributed by atoms with Crippen molar-refractivity contribution >= 4 is 11.6 Å². The molecule has 0 radical (unpaired) electrons. The van der Waals surface area contributed by atoms with E-state index >= 15 is 0 Å². The summed E-state index contributed by atoms with van der Waals surface area (Å²) in [5.74, 6) is 0.172. The highest BCUT2D eigenvalue weighted by Crippen LogP contribution is 2.39. The molecule has 5 heteroatoms. The Kier molecular flexibility index (Phi) is 3.61. The quantitative estimate of drug-likeness (QED) is 0.881. The summed E-state index contributed by atoms with van der Waals surface area (Å²) < 4.78 is 5.43. The van der Waals surface area contributed by atoms with E-state index in [4.69, 9.17) is 10.5 Å². The molecule has 1 aromatic rings. The maximum absolute atomic E-state index is 12.3. The zero-order valence-corrected chi connectivity index (χ0v) is 11.7. The Morgan fingerprint density at radius 2 is 2.15 bits per heavy atom. The van der Waals surface area contributed by atoms with Crippen LogP contribution in [0.3, 0.4) is 0 Å². The number of ether oxygens (including phenoxy) is 1. The van der Waals surface area contributed by atoms with Crippen LogP contribution in [0.5, 0.6) is 0 Å². The van der Waals surface area contributed by atoms with E-state index in [1.54, 1.807) is 12.3 Å². The van der Waals surface area contributed by atoms with Gasteiger partial charge in [0.1, 0.15) is 0 Å². The van der Waals surface area contributed by atoms with Crippen molar-refractivity contribution < 1.29 is 9.53 Å². The molecule has 2 aliphatic heterocycles. The molecule has 2 fully saturated rings. The third-order valence-corrected chi connectivity index (χ3v) is 4.52. The van der Waals surface area contributed by atoms with E-state index in [-0.39, 0.29) is 5.91 Å². The second-order valence-corrected chi connectivity index (χ2v) is 5.94. The van der Waals surface area contributed by atoms with Gasteiger partial charge < -0.3 is 15.4 Å². The summed E-state index contributed by atoms with van der Waals surface area (Å²) in [5, 5.41) is 0. The van der Waals surface area contributed by atoms with Gasteiger partial charge in [0.2, 0.25) is 5.91 Å². The molecule has 0 unspecified atom stereocenters. The summed E-state index contributed by atoms with van der Waals surface area (Å²) >= 11 is 0. The number of carbonyl (C=O) groups excluding carboxylic acids is 1. The first-order chi connectivity index (χ1) is 9.67. The predicted molar refractivity (Wildman–Crippen MR) is 76.0 cm³/mol. The van der Waals surface area contributed by atoms with Crippen LogP contribution in [0.2, 0.25) is 0 Å². The van der Waals surface area contributed by atoms with Crippen LogP contribution in [0.1, 0.15) is 25.0 Å². The molecule has 0 aliphatic carbocycles. The second kappa shape index (κ2) is 5.40. The smallest absolute Gasteiger partial charge is 0.228 e. The van der Waals surface area contributed by atoms with E-state index < -0.39 is 0 Å². The molecular weight excluding hydrogens is 254 g/mol. The van der Waals surface area contributed by atoms with E-state index in [0.29, 0.717) is 17.5 Å². The lowest BCUT2D eigenvalue weighted by atomic mass is 9.80. The Labute approximate surface area is 119 Å². The number of nitrogen functional groups attached to an aromatic ring is 1. The standard InChI is InChI=1S/C15H21N3O2/c16-12-1-2-13(17-10-12)9-14(19)18-6-3-15(11-18)4-7-20-8-5-15/h1-2,10H,3-9,11,16H2. The summed E-state index contributed by atoms with van der Waals surface area (Å²) in [6, 6.07) is 3.62. The van der Waals surface area contributed by atoms with Gasteiger partial charge >= 0.3 is 0 Å². The van der Waals surface area contributed by atoms with Gasteiger partial charge in [-0.15, -0.1) is 0 Å². The fraction of sp³-hybridized carbons (Fsp3) is 0.600. The molecule has 1 aromatic heterocycles. The summed E-state index contributed by atoms with van der Waals surface area (Å²) in [4.78, 5) is 18.5. The molecule has 3 rings (SSSR count). The van der Waals surface area contributed by atoms with Gasteiger partial charge in [-0.1, -0.05) is 0 Å². The Bertz CT molecular complexity index is 480. The van der Waals surface area contributed by atoms with Crippen LogP contribution in [0.4, 0.5) is 5.69 Å². The molecule has 1 amide bonds. The first-order valence-electron chi connectivity index (χ1n) is 7.23. The molecule has 0 aromatic carbocycles. The minimum absolute atomic E-state index is 0.172. The largest absolute Gasteiger partial charge is 0.397 e. The molecule has 0 saturated carbocycles. The number of rotatable bonds is 2. The molecule has 2 saturated heterocycles. The van der Waals surface area contributed by atoms with Crippen LogP contribution >= 0.6 is 0 Å². The third kappa shape index (κ3) is 2.77. The topological polar surface area (TPSA) is 68.5 Å². The number of nitrogens with two attached hydrogens (primary N) is 1. The molecule has 20 heavy (non-hydrogen) atoms. The first kappa shape index (κ1) is 13.4. The van der Waals surface area contributed by atoms with E-state index in [9.17, 15) is 4.79 Å². The Balaban J connectivity index is 1.59. The fourth-order valence-corrected chi connectivity index (χ4v) is 3.17. The monoisotopic (exact) mass is 275 g/mol. The normalized spacial score (nSPS) is 21.3. The summed E-state index contributed by atoms with van der Waals surface area (Å²) in [6.45, 7) is 3.42. The third-order valence-electron chi connectivity index (χ3n) is 4.52. The number of amides is 1. The summed E-state index contributed by atoms with van der Waals surface area (Å²) in [5.41, 5.74) is 7.33. The van der Waals surface area contributed by atoms with Crippen molar-refractivity contribution in [2.45, 2.75) is 25.7 Å². The molecule has 2 aliphatic rings. The summed E-state index contributed by atoms with van der Waals surface area (Å²) in [6.07, 6.45) is 5.24. The van der Waals surface area contributed by atoms with Crippen LogP contribution in [0, 0.1) is 5.41 Å². The SMILES string of the molecule is Nc1ccc(CC(=O)N2CCC3(CCOCC3)C2)nc1. The van der Waals surface area contributed by atoms with Gasteiger partial charge in [-0.25, -0.2) is 0 Å². The van der Waals surface area contributed by atoms with Crippen molar-refractivity contribution in [3.63, 3.8) is 0 Å². The van der Waals surface area contributed by atoms with Gasteiger partial charge in [0.05, 0.1) is 18.3 Å². The lowest BCUT2D eigenvalue weighted by molar-refractivity contribution is -0.130. The number of anilines is 1. The van der Waals surface area contributed by atoms with Crippen molar-refractivity contribution in [1.29, 1.82) is 0 Å². The van der Waals surface area contributed by atoms with Crippen molar-refractivity contribution in [3.8, 4) is 0 Å². The molecule has 1 spiro atoms. The van der Waals surface area contributed by atoms with Crippen LogP contribution in [0.25, 0.3) is 0 Å². The number of carbonyl (C=O) groups is 1. The van der Waals surface area contributed by atoms with Crippen molar-refractivity contribution in [1.82, 2.24) is 9.88 Å².